The summed E-state index contributed by atoms with van der Waals surface area (Å²) in [6.45, 7) is 5.68. The zero-order valence-electron chi connectivity index (χ0n) is 26.4. The van der Waals surface area contributed by atoms with Crippen molar-refractivity contribution >= 4 is 52.4 Å². The monoisotopic (exact) mass is 688 g/mol. The van der Waals surface area contributed by atoms with Crippen LogP contribution in [0.3, 0.4) is 0 Å². The molecule has 0 radical (unpaired) electrons. The molecule has 0 saturated carbocycles. The Morgan fingerprint density at radius 3 is 2.85 bits per heavy atom. The zero-order chi connectivity index (χ0) is 32.3. The smallest absolute Gasteiger partial charge is 0.318 e. The highest BCUT2D eigenvalue weighted by molar-refractivity contribution is 7.98. The maximum absolute atomic E-state index is 14.5. The zero-order valence-corrected chi connectivity index (χ0v) is 28.7. The molecule has 14 heteroatoms. The van der Waals surface area contributed by atoms with Crippen LogP contribution in [0.4, 0.5) is 15.9 Å². The number of nitrogens with two attached hydrogens (primary N) is 1. The Kier molecular flexibility index (Phi) is 8.52. The van der Waals surface area contributed by atoms with E-state index in [-0.39, 0.29) is 16.7 Å². The first kappa shape index (κ1) is 31.8. The molecule has 4 aliphatic rings. The van der Waals surface area contributed by atoms with E-state index in [0.29, 0.717) is 72.3 Å². The predicted octanol–water partition coefficient (Wildman–Crippen LogP) is 5.47. The SMILES string of the molecule is Cc1c(C(=O)N(C)C)nn2c1CN(c1nc(OC[C@@]34CCCN3C[C@H](F)C4)nc3c1CSC(c1cc(N)cc(Cl)c1Cl)C3)CCC2. The van der Waals surface area contributed by atoms with E-state index in [4.69, 9.17) is 48.7 Å². The number of thioether (sulfide) groups is 1. The van der Waals surface area contributed by atoms with Crippen LogP contribution in [0.2, 0.25) is 10.0 Å². The molecule has 1 aromatic carbocycles. The lowest BCUT2D eigenvalue weighted by Gasteiger charge is -2.32. The van der Waals surface area contributed by atoms with Gasteiger partial charge in [0.25, 0.3) is 5.91 Å². The van der Waals surface area contributed by atoms with E-state index in [0.717, 1.165) is 66.2 Å². The van der Waals surface area contributed by atoms with Gasteiger partial charge in [0.05, 0.1) is 33.5 Å². The first-order chi connectivity index (χ1) is 22.0. The van der Waals surface area contributed by atoms with E-state index in [2.05, 4.69) is 9.80 Å². The van der Waals surface area contributed by atoms with Crippen LogP contribution in [-0.4, -0.2) is 87.5 Å². The topological polar surface area (TPSA) is 106 Å². The van der Waals surface area contributed by atoms with Gasteiger partial charge in [-0.2, -0.15) is 15.1 Å². The van der Waals surface area contributed by atoms with Gasteiger partial charge in [-0.1, -0.05) is 23.2 Å². The third kappa shape index (κ3) is 5.69. The molecule has 0 bridgehead atoms. The number of nitrogens with zero attached hydrogens (tertiary/aromatic N) is 7. The number of carbonyl (C=O) groups excluding carboxylic acids is 1. The van der Waals surface area contributed by atoms with Crippen molar-refractivity contribution in [1.82, 2.24) is 29.5 Å². The standard InChI is InChI=1S/C32H39Cl2FN8O2S/c1-18-25-15-41(7-5-9-43(25)39-28(18)30(44)40(2)3)29-22-16-46-26(21-10-20(36)11-23(33)27(21)34)12-24(22)37-31(38-29)45-17-32-6-4-8-42(32)14-19(35)13-32/h10-11,19,26H,4-9,12-17,36H2,1-3H3/t19-,26?,32+/m1/s1. The molecule has 2 fully saturated rings. The third-order valence-electron chi connectivity index (χ3n) is 9.88. The van der Waals surface area contributed by atoms with Crippen LogP contribution >= 0.6 is 35.0 Å². The van der Waals surface area contributed by atoms with Crippen LogP contribution in [0, 0.1) is 6.92 Å². The average Bonchev–Trinajstić information content (AvgIpc) is 3.59. The number of nitrogen functional groups attached to an aromatic ring is 1. The van der Waals surface area contributed by atoms with Crippen molar-refractivity contribution < 1.29 is 13.9 Å². The lowest BCUT2D eigenvalue weighted by molar-refractivity contribution is 0.0820. The highest BCUT2D eigenvalue weighted by Gasteiger charge is 2.49. The van der Waals surface area contributed by atoms with Crippen molar-refractivity contribution in [2.45, 2.75) is 74.8 Å². The average molecular weight is 690 g/mol. The summed E-state index contributed by atoms with van der Waals surface area (Å²) in [7, 11) is 3.49. The molecule has 0 aliphatic carbocycles. The number of benzene rings is 1. The Morgan fingerprint density at radius 1 is 1.22 bits per heavy atom. The second kappa shape index (κ2) is 12.3. The van der Waals surface area contributed by atoms with E-state index in [1.54, 1.807) is 36.8 Å². The van der Waals surface area contributed by atoms with Crippen LogP contribution in [0.5, 0.6) is 6.01 Å². The molecule has 2 saturated heterocycles. The molecule has 1 unspecified atom stereocenters. The van der Waals surface area contributed by atoms with Gasteiger partial charge in [-0.15, -0.1) is 11.8 Å². The number of carbonyl (C=O) groups is 1. The number of fused-ring (bicyclic) bond motifs is 3. The normalized spacial score (nSPS) is 24.3. The fourth-order valence-corrected chi connectivity index (χ4v) is 9.35. The number of amides is 1. The number of hydrogen-bond donors (Lipinski definition) is 1. The number of halogens is 3. The maximum atomic E-state index is 14.5. The van der Waals surface area contributed by atoms with Crippen molar-refractivity contribution in [2.24, 2.45) is 0 Å². The lowest BCUT2D eigenvalue weighted by atomic mass is 9.95. The van der Waals surface area contributed by atoms with Gasteiger partial charge in [0.1, 0.15) is 18.6 Å². The molecule has 7 rings (SSSR count). The van der Waals surface area contributed by atoms with Gasteiger partial charge in [0.2, 0.25) is 0 Å². The Bertz CT molecular complexity index is 1690. The van der Waals surface area contributed by atoms with Crippen LogP contribution in [-0.2, 0) is 25.3 Å². The number of hydrogen-bond acceptors (Lipinski definition) is 9. The summed E-state index contributed by atoms with van der Waals surface area (Å²) in [5, 5.41) is 5.64. The van der Waals surface area contributed by atoms with Crippen molar-refractivity contribution in [1.29, 1.82) is 0 Å². The molecule has 3 atom stereocenters. The first-order valence-electron chi connectivity index (χ1n) is 15.8. The van der Waals surface area contributed by atoms with Gasteiger partial charge < -0.3 is 20.3 Å². The summed E-state index contributed by atoms with van der Waals surface area (Å²) >= 11 is 14.9. The van der Waals surface area contributed by atoms with Crippen molar-refractivity contribution in [3.05, 3.63) is 56.0 Å². The number of alkyl halides is 1. The van der Waals surface area contributed by atoms with E-state index in [9.17, 15) is 9.18 Å². The minimum Gasteiger partial charge on any atom is -0.461 e. The molecule has 0 spiro atoms. The Balaban J connectivity index is 1.25. The summed E-state index contributed by atoms with van der Waals surface area (Å²) in [6.07, 6.45) is 3.01. The van der Waals surface area contributed by atoms with Gasteiger partial charge in [-0.3, -0.25) is 14.4 Å². The van der Waals surface area contributed by atoms with Crippen molar-refractivity contribution in [3.8, 4) is 6.01 Å². The Morgan fingerprint density at radius 2 is 2.04 bits per heavy atom. The largest absolute Gasteiger partial charge is 0.461 e. The summed E-state index contributed by atoms with van der Waals surface area (Å²) in [6, 6.07) is 3.86. The first-order valence-corrected chi connectivity index (χ1v) is 17.6. The Labute approximate surface area is 282 Å². The fraction of sp³-hybridized carbons (Fsp3) is 0.562. The summed E-state index contributed by atoms with van der Waals surface area (Å²) in [5.74, 6) is 1.39. The molecular weight excluding hydrogens is 650 g/mol. The Hall–Kier alpha value is -2.80. The molecule has 3 aromatic rings. The second-order valence-electron chi connectivity index (χ2n) is 13.1. The number of anilines is 2. The molecule has 10 nitrogen and oxygen atoms in total. The molecule has 4 aliphatic heterocycles. The van der Waals surface area contributed by atoms with Gasteiger partial charge in [-0.05, 0) is 50.4 Å². The summed E-state index contributed by atoms with van der Waals surface area (Å²) in [5.41, 5.74) is 11.6. The lowest BCUT2D eigenvalue weighted by Crippen LogP contribution is -2.43. The van der Waals surface area contributed by atoms with E-state index < -0.39 is 6.17 Å². The van der Waals surface area contributed by atoms with E-state index >= 15 is 0 Å². The fourth-order valence-electron chi connectivity index (χ4n) is 7.51. The molecular formula is C32H39Cl2FN8O2S. The van der Waals surface area contributed by atoms with Crippen LogP contribution < -0.4 is 15.4 Å². The van der Waals surface area contributed by atoms with E-state index in [1.165, 1.54) is 0 Å². The number of rotatable bonds is 6. The number of aryl methyl sites for hydroxylation is 1. The number of aromatic nitrogens is 4. The molecule has 2 aromatic heterocycles. The molecule has 246 valence electrons. The van der Waals surface area contributed by atoms with Crippen LogP contribution in [0.1, 0.15) is 69.5 Å². The van der Waals surface area contributed by atoms with Crippen molar-refractivity contribution in [3.63, 3.8) is 0 Å². The van der Waals surface area contributed by atoms with Gasteiger partial charge in [0.15, 0.2) is 5.69 Å². The third-order valence-corrected chi connectivity index (χ3v) is 12.0. The van der Waals surface area contributed by atoms with Crippen LogP contribution in [0.25, 0.3) is 0 Å². The maximum Gasteiger partial charge on any atom is 0.318 e. The van der Waals surface area contributed by atoms with Crippen LogP contribution in [0.15, 0.2) is 12.1 Å². The van der Waals surface area contributed by atoms with E-state index in [1.807, 2.05) is 17.7 Å². The number of ether oxygens (including phenoxy) is 1. The molecule has 6 heterocycles. The molecule has 46 heavy (non-hydrogen) atoms. The minimum absolute atomic E-state index is 0.00457. The molecule has 2 N–H and O–H groups in total. The second-order valence-corrected chi connectivity index (χ2v) is 15.1. The quantitative estimate of drug-likeness (QED) is 0.338. The van der Waals surface area contributed by atoms with Gasteiger partial charge in [0, 0.05) is 74.4 Å². The highest BCUT2D eigenvalue weighted by Crippen LogP contribution is 2.47. The van der Waals surface area contributed by atoms with Gasteiger partial charge >= 0.3 is 6.01 Å². The van der Waals surface area contributed by atoms with Crippen molar-refractivity contribution in [2.75, 3.05) is 51.0 Å². The predicted molar refractivity (Wildman–Crippen MR) is 180 cm³/mol. The molecule has 1 amide bonds. The minimum atomic E-state index is -0.842. The van der Waals surface area contributed by atoms with Gasteiger partial charge in [-0.25, -0.2) is 4.39 Å². The highest BCUT2D eigenvalue weighted by atomic mass is 35.5. The summed E-state index contributed by atoms with van der Waals surface area (Å²) < 4.78 is 22.9. The summed E-state index contributed by atoms with van der Waals surface area (Å²) in [4.78, 5) is 29.0.